The van der Waals surface area contributed by atoms with Gasteiger partial charge in [0, 0.05) is 30.0 Å². The molecule has 4 heteroatoms. The Morgan fingerprint density at radius 3 is 2.67 bits per heavy atom. The van der Waals surface area contributed by atoms with Gasteiger partial charge in [0.05, 0.1) is 11.4 Å². The van der Waals surface area contributed by atoms with E-state index < -0.39 is 0 Å². The van der Waals surface area contributed by atoms with Gasteiger partial charge in [-0.25, -0.2) is 0 Å². The molecule has 1 N–H and O–H groups in total. The molecular weight excluding hydrogens is 246 g/mol. The van der Waals surface area contributed by atoms with Crippen molar-refractivity contribution in [3.63, 3.8) is 0 Å². The van der Waals surface area contributed by atoms with Gasteiger partial charge in [0.2, 0.25) is 0 Å². The summed E-state index contributed by atoms with van der Waals surface area (Å²) in [6, 6.07) is 7.99. The first-order chi connectivity index (χ1) is 8.68. The highest BCUT2D eigenvalue weighted by Crippen LogP contribution is 2.17. The van der Waals surface area contributed by atoms with E-state index in [0.717, 1.165) is 28.5 Å². The van der Waals surface area contributed by atoms with Crippen LogP contribution in [0, 0.1) is 6.92 Å². The smallest absolute Gasteiger partial charge is 0.0782 e. The zero-order valence-corrected chi connectivity index (χ0v) is 11.3. The first-order valence-corrected chi connectivity index (χ1v) is 6.30. The Balaban J connectivity index is 2.03. The number of nitrogens with one attached hydrogen (secondary N) is 1. The first-order valence-electron chi connectivity index (χ1n) is 5.93. The van der Waals surface area contributed by atoms with Crippen molar-refractivity contribution in [2.75, 3.05) is 0 Å². The summed E-state index contributed by atoms with van der Waals surface area (Å²) < 4.78 is 0. The van der Waals surface area contributed by atoms with Crippen LogP contribution in [0.4, 0.5) is 0 Å². The van der Waals surface area contributed by atoms with Gasteiger partial charge in [0.1, 0.15) is 0 Å². The molecule has 0 aliphatic carbocycles. The van der Waals surface area contributed by atoms with Gasteiger partial charge >= 0.3 is 0 Å². The molecule has 1 aromatic heterocycles. The predicted molar refractivity (Wildman–Crippen MR) is 73.5 cm³/mol. The average molecular weight is 262 g/mol. The van der Waals surface area contributed by atoms with E-state index in [9.17, 15) is 0 Å². The Bertz CT molecular complexity index is 528. The lowest BCUT2D eigenvalue weighted by molar-refractivity contribution is 0.555. The van der Waals surface area contributed by atoms with Crippen LogP contribution >= 0.6 is 11.6 Å². The molecule has 0 radical (unpaired) electrons. The van der Waals surface area contributed by atoms with Crippen LogP contribution in [-0.2, 0) is 6.54 Å². The topological polar surface area (TPSA) is 37.8 Å². The van der Waals surface area contributed by atoms with E-state index in [-0.39, 0.29) is 6.04 Å². The maximum absolute atomic E-state index is 6.12. The van der Waals surface area contributed by atoms with Gasteiger partial charge in [-0.15, -0.1) is 0 Å². The molecule has 1 unspecified atom stereocenters. The third kappa shape index (κ3) is 3.06. The van der Waals surface area contributed by atoms with E-state index in [1.54, 1.807) is 12.4 Å². The largest absolute Gasteiger partial charge is 0.305 e. The van der Waals surface area contributed by atoms with Crippen molar-refractivity contribution in [3.8, 4) is 0 Å². The summed E-state index contributed by atoms with van der Waals surface area (Å²) in [6.45, 7) is 4.76. The summed E-state index contributed by atoms with van der Waals surface area (Å²) in [5, 5.41) is 4.20. The lowest BCUT2D eigenvalue weighted by atomic mass is 10.1. The number of aryl methyl sites for hydroxylation is 1. The normalized spacial score (nSPS) is 12.4. The van der Waals surface area contributed by atoms with Gasteiger partial charge in [0.25, 0.3) is 0 Å². The lowest BCUT2D eigenvalue weighted by Crippen LogP contribution is -2.20. The number of benzene rings is 1. The van der Waals surface area contributed by atoms with Crippen LogP contribution in [0.3, 0.4) is 0 Å². The molecule has 2 aromatic rings. The van der Waals surface area contributed by atoms with Crippen LogP contribution in [0.15, 0.2) is 36.7 Å². The predicted octanol–water partition coefficient (Wildman–Crippen LogP) is 3.29. The second-order valence-corrected chi connectivity index (χ2v) is 4.63. The molecule has 3 nitrogen and oxygen atoms in total. The molecule has 0 amide bonds. The fourth-order valence-corrected chi connectivity index (χ4v) is 2.05. The van der Waals surface area contributed by atoms with Crippen molar-refractivity contribution < 1.29 is 0 Å². The van der Waals surface area contributed by atoms with Crippen LogP contribution in [0.25, 0.3) is 0 Å². The standard InChI is InChI=1S/C14H16ClN3/c1-10-14(17-8-7-16-10)11(2)18-9-12-5-3-4-6-13(12)15/h3-8,11,18H,9H2,1-2H3. The number of hydrogen-bond acceptors (Lipinski definition) is 3. The van der Waals surface area contributed by atoms with Crippen molar-refractivity contribution in [3.05, 3.63) is 58.6 Å². The molecule has 0 aliphatic heterocycles. The Morgan fingerprint density at radius 2 is 1.94 bits per heavy atom. The molecule has 2 rings (SSSR count). The van der Waals surface area contributed by atoms with E-state index >= 15 is 0 Å². The zero-order chi connectivity index (χ0) is 13.0. The van der Waals surface area contributed by atoms with Crippen LogP contribution in [0.1, 0.15) is 29.9 Å². The zero-order valence-electron chi connectivity index (χ0n) is 10.5. The summed E-state index contributed by atoms with van der Waals surface area (Å²) in [5.41, 5.74) is 3.02. The molecule has 0 bridgehead atoms. The highest BCUT2D eigenvalue weighted by molar-refractivity contribution is 6.31. The molecule has 18 heavy (non-hydrogen) atoms. The Kier molecular flexibility index (Phi) is 4.28. The van der Waals surface area contributed by atoms with Crippen molar-refractivity contribution in [1.82, 2.24) is 15.3 Å². The van der Waals surface area contributed by atoms with Crippen LogP contribution < -0.4 is 5.32 Å². The minimum absolute atomic E-state index is 0.148. The lowest BCUT2D eigenvalue weighted by Gasteiger charge is -2.15. The van der Waals surface area contributed by atoms with Crippen molar-refractivity contribution in [1.29, 1.82) is 0 Å². The van der Waals surface area contributed by atoms with E-state index in [4.69, 9.17) is 11.6 Å². The maximum atomic E-state index is 6.12. The summed E-state index contributed by atoms with van der Waals surface area (Å²) in [7, 11) is 0. The van der Waals surface area contributed by atoms with Gasteiger partial charge in [-0.3, -0.25) is 9.97 Å². The highest BCUT2D eigenvalue weighted by Gasteiger charge is 2.10. The molecule has 1 heterocycles. The average Bonchev–Trinajstić information content (AvgIpc) is 2.38. The van der Waals surface area contributed by atoms with E-state index in [1.807, 2.05) is 31.2 Å². The van der Waals surface area contributed by atoms with E-state index in [1.165, 1.54) is 0 Å². The molecule has 0 fully saturated rings. The first kappa shape index (κ1) is 13.0. The molecule has 0 saturated heterocycles. The monoisotopic (exact) mass is 261 g/mol. The molecule has 0 aliphatic rings. The summed E-state index contributed by atoms with van der Waals surface area (Å²) in [5.74, 6) is 0. The van der Waals surface area contributed by atoms with Crippen molar-refractivity contribution in [2.45, 2.75) is 26.4 Å². The summed E-state index contributed by atoms with van der Waals surface area (Å²) >= 11 is 6.12. The number of rotatable bonds is 4. The second kappa shape index (κ2) is 5.94. The van der Waals surface area contributed by atoms with E-state index in [2.05, 4.69) is 22.2 Å². The van der Waals surface area contributed by atoms with Gasteiger partial charge in [0.15, 0.2) is 0 Å². The molecule has 0 saturated carbocycles. The van der Waals surface area contributed by atoms with E-state index in [0.29, 0.717) is 0 Å². The number of nitrogens with zero attached hydrogens (tertiary/aromatic N) is 2. The fourth-order valence-electron chi connectivity index (χ4n) is 1.84. The van der Waals surface area contributed by atoms with Gasteiger partial charge in [-0.1, -0.05) is 29.8 Å². The molecule has 94 valence electrons. The van der Waals surface area contributed by atoms with Gasteiger partial charge in [-0.05, 0) is 25.5 Å². The minimum Gasteiger partial charge on any atom is -0.305 e. The van der Waals surface area contributed by atoms with Gasteiger partial charge < -0.3 is 5.32 Å². The third-order valence-corrected chi connectivity index (χ3v) is 3.25. The SMILES string of the molecule is Cc1nccnc1C(C)NCc1ccccc1Cl. The van der Waals surface area contributed by atoms with Crippen LogP contribution in [0.5, 0.6) is 0 Å². The molecule has 0 spiro atoms. The van der Waals surface area contributed by atoms with Crippen LogP contribution in [0.2, 0.25) is 5.02 Å². The Hall–Kier alpha value is -1.45. The second-order valence-electron chi connectivity index (χ2n) is 4.22. The maximum Gasteiger partial charge on any atom is 0.0782 e. The molecular formula is C14H16ClN3. The minimum atomic E-state index is 0.148. The Morgan fingerprint density at radius 1 is 1.22 bits per heavy atom. The van der Waals surface area contributed by atoms with Crippen molar-refractivity contribution >= 4 is 11.6 Å². The third-order valence-electron chi connectivity index (χ3n) is 2.89. The molecule has 1 aromatic carbocycles. The van der Waals surface area contributed by atoms with Crippen molar-refractivity contribution in [2.24, 2.45) is 0 Å². The number of aromatic nitrogens is 2. The number of hydrogen-bond donors (Lipinski definition) is 1. The fraction of sp³-hybridized carbons (Fsp3) is 0.286. The highest BCUT2D eigenvalue weighted by atomic mass is 35.5. The Labute approximate surface area is 112 Å². The molecule has 1 atom stereocenters. The summed E-state index contributed by atoms with van der Waals surface area (Å²) in [6.07, 6.45) is 3.43. The van der Waals surface area contributed by atoms with Crippen LogP contribution in [-0.4, -0.2) is 9.97 Å². The number of halogens is 1. The summed E-state index contributed by atoms with van der Waals surface area (Å²) in [4.78, 5) is 8.60. The van der Waals surface area contributed by atoms with Gasteiger partial charge in [-0.2, -0.15) is 0 Å². The quantitative estimate of drug-likeness (QED) is 0.918.